The van der Waals surface area contributed by atoms with Gasteiger partial charge in [0.1, 0.15) is 6.54 Å². The molecule has 4 N–H and O–H groups in total. The van der Waals surface area contributed by atoms with E-state index in [2.05, 4.69) is 5.32 Å². The summed E-state index contributed by atoms with van der Waals surface area (Å²) in [6, 6.07) is 0. The van der Waals surface area contributed by atoms with Crippen LogP contribution in [0, 0.1) is 0 Å². The summed E-state index contributed by atoms with van der Waals surface area (Å²) in [4.78, 5) is 31.2. The highest BCUT2D eigenvalue weighted by atomic mass is 32.2. The highest BCUT2D eigenvalue weighted by Crippen LogP contribution is 2.00. The third-order valence-electron chi connectivity index (χ3n) is 1.15. The summed E-state index contributed by atoms with van der Waals surface area (Å²) >= 11 is 1.24. The van der Waals surface area contributed by atoms with E-state index in [4.69, 9.17) is 10.8 Å². The summed E-state index contributed by atoms with van der Waals surface area (Å²) in [6.45, 7) is -0.376. The molecule has 0 fully saturated rings. The van der Waals surface area contributed by atoms with Gasteiger partial charge in [-0.2, -0.15) is 11.8 Å². The molecule has 0 heterocycles. The Balaban J connectivity index is 3.36. The molecule has 0 radical (unpaired) electrons. The minimum atomic E-state index is -1.08. The van der Waals surface area contributed by atoms with Crippen molar-refractivity contribution in [3.8, 4) is 0 Å². The van der Waals surface area contributed by atoms with Crippen LogP contribution in [0.3, 0.4) is 0 Å². The molecule has 0 saturated heterocycles. The van der Waals surface area contributed by atoms with Crippen LogP contribution in [0.15, 0.2) is 0 Å². The molecular weight excluding hydrogens is 208 g/mol. The van der Waals surface area contributed by atoms with Gasteiger partial charge in [-0.1, -0.05) is 0 Å². The van der Waals surface area contributed by atoms with Crippen molar-refractivity contribution in [2.24, 2.45) is 5.73 Å². The molecular formula is C7H12N2O4S. The topological polar surface area (TPSA) is 109 Å². The number of primary amides is 1. The Hall–Kier alpha value is -1.24. The van der Waals surface area contributed by atoms with Crippen molar-refractivity contribution in [3.05, 3.63) is 0 Å². The Morgan fingerprint density at radius 3 is 2.50 bits per heavy atom. The Morgan fingerprint density at radius 1 is 1.36 bits per heavy atom. The van der Waals surface area contributed by atoms with Crippen LogP contribution in [0.1, 0.15) is 6.42 Å². The fourth-order valence-corrected chi connectivity index (χ4v) is 1.28. The third kappa shape index (κ3) is 8.85. The first kappa shape index (κ1) is 12.8. The van der Waals surface area contributed by atoms with Crippen LogP contribution >= 0.6 is 11.8 Å². The molecule has 2 amide bonds. The molecule has 14 heavy (non-hydrogen) atoms. The summed E-state index contributed by atoms with van der Waals surface area (Å²) in [6.07, 6.45) is 0.186. The fourth-order valence-electron chi connectivity index (χ4n) is 0.600. The normalized spacial score (nSPS) is 9.43. The quantitative estimate of drug-likeness (QED) is 0.467. The maximum Gasteiger partial charge on any atom is 0.322 e. The van der Waals surface area contributed by atoms with E-state index < -0.39 is 11.9 Å². The molecule has 0 aliphatic carbocycles. The summed E-state index contributed by atoms with van der Waals surface area (Å²) < 4.78 is 0. The molecule has 0 aromatic carbocycles. The minimum Gasteiger partial charge on any atom is -0.480 e. The van der Waals surface area contributed by atoms with Crippen LogP contribution in [0.4, 0.5) is 0 Å². The number of carboxylic acid groups (broad SMARTS) is 1. The Kier molecular flexibility index (Phi) is 6.55. The molecule has 0 aromatic rings. The highest BCUT2D eigenvalue weighted by molar-refractivity contribution is 7.99. The number of carbonyl (C=O) groups is 3. The molecule has 0 bridgehead atoms. The van der Waals surface area contributed by atoms with Gasteiger partial charge >= 0.3 is 5.97 Å². The van der Waals surface area contributed by atoms with Gasteiger partial charge in [0.2, 0.25) is 11.8 Å². The van der Waals surface area contributed by atoms with Crippen molar-refractivity contribution >= 4 is 29.5 Å². The van der Waals surface area contributed by atoms with Gasteiger partial charge in [0.05, 0.1) is 5.75 Å². The van der Waals surface area contributed by atoms with Crippen LogP contribution < -0.4 is 11.1 Å². The van der Waals surface area contributed by atoms with Gasteiger partial charge in [-0.05, 0) is 0 Å². The zero-order chi connectivity index (χ0) is 11.0. The van der Waals surface area contributed by atoms with Gasteiger partial charge in [0.15, 0.2) is 0 Å². The van der Waals surface area contributed by atoms with Crippen LogP contribution in [-0.2, 0) is 14.4 Å². The molecule has 0 atom stereocenters. The average Bonchev–Trinajstić information content (AvgIpc) is 2.08. The Bertz CT molecular complexity index is 232. The lowest BCUT2D eigenvalue weighted by molar-refractivity contribution is -0.137. The van der Waals surface area contributed by atoms with E-state index in [1.807, 2.05) is 0 Å². The first-order chi connectivity index (χ1) is 6.52. The van der Waals surface area contributed by atoms with Crippen LogP contribution in [0.2, 0.25) is 0 Å². The van der Waals surface area contributed by atoms with E-state index in [1.165, 1.54) is 11.8 Å². The van der Waals surface area contributed by atoms with Crippen molar-refractivity contribution in [1.82, 2.24) is 5.32 Å². The highest BCUT2D eigenvalue weighted by Gasteiger charge is 2.03. The number of thioether (sulfide) groups is 1. The first-order valence-electron chi connectivity index (χ1n) is 3.87. The van der Waals surface area contributed by atoms with E-state index in [0.717, 1.165) is 0 Å². The van der Waals surface area contributed by atoms with Crippen LogP contribution in [0.25, 0.3) is 0 Å². The van der Waals surface area contributed by atoms with E-state index in [1.54, 1.807) is 0 Å². The van der Waals surface area contributed by atoms with Crippen molar-refractivity contribution < 1.29 is 19.5 Å². The van der Waals surface area contributed by atoms with E-state index >= 15 is 0 Å². The maximum atomic E-state index is 10.9. The second-order valence-electron chi connectivity index (χ2n) is 2.44. The number of carboxylic acids is 1. The fraction of sp³-hybridized carbons (Fsp3) is 0.571. The number of hydrogen-bond acceptors (Lipinski definition) is 4. The monoisotopic (exact) mass is 220 g/mol. The molecule has 0 saturated carbocycles. The number of rotatable bonds is 7. The van der Waals surface area contributed by atoms with E-state index in [-0.39, 0.29) is 24.6 Å². The van der Waals surface area contributed by atoms with Crippen molar-refractivity contribution in [3.63, 3.8) is 0 Å². The average molecular weight is 220 g/mol. The van der Waals surface area contributed by atoms with Gasteiger partial charge in [0, 0.05) is 12.2 Å². The molecule has 6 nitrogen and oxygen atoms in total. The molecule has 7 heteroatoms. The molecule has 80 valence electrons. The van der Waals surface area contributed by atoms with Crippen molar-refractivity contribution in [2.45, 2.75) is 6.42 Å². The lowest BCUT2D eigenvalue weighted by atomic mass is 10.4. The maximum absolute atomic E-state index is 10.9. The van der Waals surface area contributed by atoms with Gasteiger partial charge in [-0.3, -0.25) is 14.4 Å². The predicted molar refractivity (Wildman–Crippen MR) is 51.8 cm³/mol. The lowest BCUT2D eigenvalue weighted by Gasteiger charge is -2.01. The van der Waals surface area contributed by atoms with Gasteiger partial charge in [-0.25, -0.2) is 0 Å². The summed E-state index contributed by atoms with van der Waals surface area (Å²) in [7, 11) is 0. The molecule has 0 aliphatic rings. The summed E-state index contributed by atoms with van der Waals surface area (Å²) in [5, 5.41) is 10.4. The zero-order valence-corrected chi connectivity index (χ0v) is 8.30. The van der Waals surface area contributed by atoms with Gasteiger partial charge in [-0.15, -0.1) is 0 Å². The molecule has 0 rings (SSSR count). The second-order valence-corrected chi connectivity index (χ2v) is 3.54. The largest absolute Gasteiger partial charge is 0.480 e. The Morgan fingerprint density at radius 2 is 2.00 bits per heavy atom. The summed E-state index contributed by atoms with van der Waals surface area (Å²) in [5.41, 5.74) is 4.87. The summed E-state index contributed by atoms with van der Waals surface area (Å²) in [5.74, 6) is -1.23. The predicted octanol–water partition coefficient (Wildman–Crippen LogP) is -1.20. The van der Waals surface area contributed by atoms with E-state index in [9.17, 15) is 14.4 Å². The number of nitrogens with one attached hydrogen (secondary N) is 1. The SMILES string of the molecule is NC(=O)CSCCC(=O)NCC(=O)O. The number of hydrogen-bond donors (Lipinski definition) is 3. The number of amides is 2. The van der Waals surface area contributed by atoms with Crippen LogP contribution in [0.5, 0.6) is 0 Å². The lowest BCUT2D eigenvalue weighted by Crippen LogP contribution is -2.29. The zero-order valence-electron chi connectivity index (χ0n) is 7.49. The molecule has 0 spiro atoms. The van der Waals surface area contributed by atoms with Gasteiger partial charge < -0.3 is 16.2 Å². The van der Waals surface area contributed by atoms with Crippen molar-refractivity contribution in [1.29, 1.82) is 0 Å². The first-order valence-corrected chi connectivity index (χ1v) is 5.02. The number of nitrogens with two attached hydrogens (primary N) is 1. The molecule has 0 aliphatic heterocycles. The third-order valence-corrected chi connectivity index (χ3v) is 2.14. The smallest absolute Gasteiger partial charge is 0.322 e. The second kappa shape index (κ2) is 7.19. The standard InChI is InChI=1S/C7H12N2O4S/c8-5(10)4-14-2-1-6(11)9-3-7(12)13/h1-4H2,(H2,8,10)(H,9,11)(H,12,13). The van der Waals surface area contributed by atoms with Crippen LogP contribution in [-0.4, -0.2) is 40.9 Å². The van der Waals surface area contributed by atoms with E-state index in [0.29, 0.717) is 5.75 Å². The molecule has 0 unspecified atom stereocenters. The minimum absolute atomic E-state index is 0.173. The number of aliphatic carboxylic acids is 1. The van der Waals surface area contributed by atoms with Crippen molar-refractivity contribution in [2.75, 3.05) is 18.1 Å². The molecule has 0 aromatic heterocycles. The Labute approximate surface area is 85.2 Å². The number of carbonyl (C=O) groups excluding carboxylic acids is 2. The van der Waals surface area contributed by atoms with Gasteiger partial charge in [0.25, 0.3) is 0 Å².